The van der Waals surface area contributed by atoms with Crippen LogP contribution >= 0.6 is 50.7 Å². The van der Waals surface area contributed by atoms with Crippen LogP contribution in [0.3, 0.4) is 0 Å². The van der Waals surface area contributed by atoms with Gasteiger partial charge in [-0.3, -0.25) is 9.59 Å². The van der Waals surface area contributed by atoms with Crippen LogP contribution in [0.15, 0.2) is 40.9 Å². The highest BCUT2D eigenvalue weighted by Gasteiger charge is 2.28. The lowest BCUT2D eigenvalue weighted by molar-refractivity contribution is -0.142. The highest BCUT2D eigenvalue weighted by Crippen LogP contribution is 2.28. The third-order valence-corrected chi connectivity index (χ3v) is 7.29. The molecular weight excluding hydrogens is 551 g/mol. The predicted octanol–water partition coefficient (Wildman–Crippen LogP) is 6.65. The fourth-order valence-corrected chi connectivity index (χ4v) is 4.92. The Morgan fingerprint density at radius 2 is 1.82 bits per heavy atom. The monoisotopic (exact) mass is 574 g/mol. The van der Waals surface area contributed by atoms with Crippen LogP contribution in [0.1, 0.15) is 44.6 Å². The van der Waals surface area contributed by atoms with Gasteiger partial charge in [-0.25, -0.2) is 0 Å². The maximum absolute atomic E-state index is 13.2. The Bertz CT molecular complexity index is 999. The summed E-state index contributed by atoms with van der Waals surface area (Å²) in [5.74, 6) is -0.0150. The Labute approximate surface area is 217 Å². The van der Waals surface area contributed by atoms with E-state index in [9.17, 15) is 9.59 Å². The number of ether oxygens (including phenoxy) is 1. The van der Waals surface area contributed by atoms with Gasteiger partial charge in [0, 0.05) is 17.6 Å². The molecule has 0 radical (unpaired) electrons. The molecule has 0 heterocycles. The molecule has 1 aliphatic rings. The molecule has 1 N–H and O–H groups in total. The zero-order valence-corrected chi connectivity index (χ0v) is 22.1. The van der Waals surface area contributed by atoms with Crippen LogP contribution < -0.4 is 10.1 Å². The molecule has 2 amide bonds. The van der Waals surface area contributed by atoms with E-state index in [0.717, 1.165) is 31.2 Å². The van der Waals surface area contributed by atoms with Crippen molar-refractivity contribution in [2.75, 3.05) is 6.61 Å². The molecule has 1 fully saturated rings. The first-order valence-electron chi connectivity index (χ1n) is 10.9. The van der Waals surface area contributed by atoms with E-state index in [2.05, 4.69) is 21.2 Å². The van der Waals surface area contributed by atoms with Crippen LogP contribution in [0.25, 0.3) is 0 Å². The van der Waals surface area contributed by atoms with E-state index in [1.165, 1.54) is 11.3 Å². The van der Waals surface area contributed by atoms with Gasteiger partial charge in [0.1, 0.15) is 11.8 Å². The summed E-state index contributed by atoms with van der Waals surface area (Å²) in [5.41, 5.74) is 0.766. The van der Waals surface area contributed by atoms with Gasteiger partial charge in [0.2, 0.25) is 5.91 Å². The molecule has 5 nitrogen and oxygen atoms in total. The smallest absolute Gasteiger partial charge is 0.261 e. The summed E-state index contributed by atoms with van der Waals surface area (Å²) in [5, 5.41) is 4.48. The second-order valence-electron chi connectivity index (χ2n) is 8.15. The van der Waals surface area contributed by atoms with E-state index < -0.39 is 6.04 Å². The third-order valence-electron chi connectivity index (χ3n) is 5.70. The number of benzene rings is 2. The van der Waals surface area contributed by atoms with Crippen molar-refractivity contribution in [1.29, 1.82) is 0 Å². The maximum Gasteiger partial charge on any atom is 0.261 e. The van der Waals surface area contributed by atoms with E-state index in [4.69, 9.17) is 39.5 Å². The van der Waals surface area contributed by atoms with Crippen molar-refractivity contribution >= 4 is 62.5 Å². The van der Waals surface area contributed by atoms with E-state index in [0.29, 0.717) is 25.3 Å². The number of carbonyl (C=O) groups excluding carboxylic acids is 2. The first-order valence-corrected chi connectivity index (χ1v) is 12.8. The van der Waals surface area contributed by atoms with Gasteiger partial charge in [0.05, 0.1) is 14.5 Å². The van der Waals surface area contributed by atoms with Gasteiger partial charge >= 0.3 is 0 Å². The minimum atomic E-state index is -0.689. The van der Waals surface area contributed by atoms with E-state index in [-0.39, 0.29) is 31.0 Å². The highest BCUT2D eigenvalue weighted by molar-refractivity contribution is 9.10. The number of nitrogens with zero attached hydrogens (tertiary/aromatic N) is 1. The molecule has 33 heavy (non-hydrogen) atoms. The standard InChI is InChI=1S/C24H26BrCl3N2O3/c1-15(24(32)29-18-5-3-2-4-6-18)30(13-16-7-9-20(27)21(28)11-16)23(31)14-33-22-10-8-17(26)12-19(22)25/h7-12,15,18H,2-6,13-14H2,1H3,(H,29,32)/t15-/m0/s1. The van der Waals surface area contributed by atoms with Gasteiger partial charge in [0.15, 0.2) is 6.61 Å². The van der Waals surface area contributed by atoms with Crippen molar-refractivity contribution in [2.45, 2.75) is 57.7 Å². The molecule has 1 saturated carbocycles. The topological polar surface area (TPSA) is 58.6 Å². The van der Waals surface area contributed by atoms with Crippen molar-refractivity contribution < 1.29 is 14.3 Å². The average Bonchev–Trinajstić information content (AvgIpc) is 2.79. The van der Waals surface area contributed by atoms with Crippen molar-refractivity contribution in [1.82, 2.24) is 10.2 Å². The fourth-order valence-electron chi connectivity index (χ4n) is 3.80. The highest BCUT2D eigenvalue weighted by atomic mass is 79.9. The Morgan fingerprint density at radius 1 is 1.09 bits per heavy atom. The molecule has 1 aliphatic carbocycles. The lowest BCUT2D eigenvalue weighted by atomic mass is 9.95. The van der Waals surface area contributed by atoms with Crippen LogP contribution in [0.4, 0.5) is 0 Å². The zero-order valence-electron chi connectivity index (χ0n) is 18.3. The number of rotatable bonds is 8. The van der Waals surface area contributed by atoms with Crippen molar-refractivity contribution in [3.63, 3.8) is 0 Å². The SMILES string of the molecule is C[C@@H](C(=O)NC1CCCCC1)N(Cc1ccc(Cl)c(Cl)c1)C(=O)COc1ccc(Cl)cc1Br. The van der Waals surface area contributed by atoms with Crippen LogP contribution in [0.2, 0.25) is 15.1 Å². The molecule has 2 aromatic rings. The molecule has 0 aromatic heterocycles. The van der Waals surface area contributed by atoms with E-state index >= 15 is 0 Å². The van der Waals surface area contributed by atoms with Gasteiger partial charge in [-0.15, -0.1) is 0 Å². The van der Waals surface area contributed by atoms with Gasteiger partial charge in [-0.05, 0) is 71.6 Å². The van der Waals surface area contributed by atoms with Gasteiger partial charge in [-0.2, -0.15) is 0 Å². The number of nitrogens with one attached hydrogen (secondary N) is 1. The van der Waals surface area contributed by atoms with Crippen LogP contribution in [-0.2, 0) is 16.1 Å². The summed E-state index contributed by atoms with van der Waals surface area (Å²) in [6, 6.07) is 9.68. The summed E-state index contributed by atoms with van der Waals surface area (Å²) < 4.78 is 6.36. The number of amides is 2. The summed E-state index contributed by atoms with van der Waals surface area (Å²) in [4.78, 5) is 27.7. The van der Waals surface area contributed by atoms with Gasteiger partial charge in [0.25, 0.3) is 5.91 Å². The molecule has 1 atom stereocenters. The molecule has 0 saturated heterocycles. The van der Waals surface area contributed by atoms with Crippen LogP contribution in [0.5, 0.6) is 5.75 Å². The quantitative estimate of drug-likeness (QED) is 0.383. The lowest BCUT2D eigenvalue weighted by Gasteiger charge is -2.31. The third kappa shape index (κ3) is 7.51. The summed E-state index contributed by atoms with van der Waals surface area (Å²) in [7, 11) is 0. The second-order valence-corrected chi connectivity index (χ2v) is 10.3. The number of hydrogen-bond donors (Lipinski definition) is 1. The lowest BCUT2D eigenvalue weighted by Crippen LogP contribution is -2.51. The maximum atomic E-state index is 13.2. The normalized spacial score (nSPS) is 15.1. The van der Waals surface area contributed by atoms with E-state index in [1.807, 2.05) is 0 Å². The Hall–Kier alpha value is -1.47. The van der Waals surface area contributed by atoms with Crippen LogP contribution in [0, 0.1) is 0 Å². The van der Waals surface area contributed by atoms with Gasteiger partial charge in [-0.1, -0.05) is 60.1 Å². The Morgan fingerprint density at radius 3 is 2.48 bits per heavy atom. The number of hydrogen-bond acceptors (Lipinski definition) is 3. The molecule has 3 rings (SSSR count). The average molecular weight is 577 g/mol. The van der Waals surface area contributed by atoms with Gasteiger partial charge < -0.3 is 15.0 Å². The molecule has 9 heteroatoms. The molecule has 0 spiro atoms. The molecule has 2 aromatic carbocycles. The van der Waals surface area contributed by atoms with Crippen LogP contribution in [-0.4, -0.2) is 35.4 Å². The molecule has 0 aliphatic heterocycles. The predicted molar refractivity (Wildman–Crippen MR) is 136 cm³/mol. The number of halogens is 4. The van der Waals surface area contributed by atoms with Crippen molar-refractivity contribution in [3.05, 3.63) is 61.5 Å². The van der Waals surface area contributed by atoms with Crippen molar-refractivity contribution in [2.24, 2.45) is 0 Å². The molecule has 178 valence electrons. The largest absolute Gasteiger partial charge is 0.483 e. The molecule has 0 bridgehead atoms. The minimum Gasteiger partial charge on any atom is -0.483 e. The number of carbonyl (C=O) groups is 2. The Kier molecular flexibility index (Phi) is 9.74. The van der Waals surface area contributed by atoms with Crippen molar-refractivity contribution in [3.8, 4) is 5.75 Å². The summed E-state index contributed by atoms with van der Waals surface area (Å²) in [6.45, 7) is 1.69. The molecular formula is C24H26BrCl3N2O3. The first kappa shape index (κ1) is 26.1. The summed E-state index contributed by atoms with van der Waals surface area (Å²) in [6.07, 6.45) is 5.34. The minimum absolute atomic E-state index is 0.150. The zero-order chi connectivity index (χ0) is 24.0. The Balaban J connectivity index is 1.74. The van der Waals surface area contributed by atoms with E-state index in [1.54, 1.807) is 43.3 Å². The first-order chi connectivity index (χ1) is 15.7. The fraction of sp³-hybridized carbons (Fsp3) is 0.417. The second kappa shape index (κ2) is 12.3. The summed E-state index contributed by atoms with van der Waals surface area (Å²) >= 11 is 21.6. The molecule has 0 unspecified atom stereocenters.